The van der Waals surface area contributed by atoms with Crippen LogP contribution in [0, 0.1) is 6.92 Å². The Bertz CT molecular complexity index is 1770. The van der Waals surface area contributed by atoms with Crippen molar-refractivity contribution >= 4 is 38.8 Å². The van der Waals surface area contributed by atoms with Gasteiger partial charge in [0.2, 0.25) is 5.95 Å². The Kier molecular flexibility index (Phi) is 8.73. The van der Waals surface area contributed by atoms with Gasteiger partial charge in [-0.3, -0.25) is 0 Å². The maximum atomic E-state index is 12.5. The van der Waals surface area contributed by atoms with Gasteiger partial charge in [0.25, 0.3) is 0 Å². The highest BCUT2D eigenvalue weighted by Crippen LogP contribution is 2.35. The van der Waals surface area contributed by atoms with E-state index < -0.39 is 15.4 Å². The Labute approximate surface area is 258 Å². The smallest absolute Gasteiger partial charge is 0.410 e. The molecule has 1 aliphatic rings. The number of rotatable bonds is 8. The number of methoxy groups -OCH3 is 1. The molecule has 3 heterocycles. The first-order valence-electron chi connectivity index (χ1n) is 14.6. The van der Waals surface area contributed by atoms with Gasteiger partial charge in [-0.25, -0.2) is 22.7 Å². The number of ether oxygens (including phenoxy) is 2. The van der Waals surface area contributed by atoms with E-state index in [0.717, 1.165) is 46.4 Å². The number of carbonyl (C=O) groups excluding carboxylic acids is 1. The van der Waals surface area contributed by atoms with E-state index in [-0.39, 0.29) is 12.0 Å². The van der Waals surface area contributed by atoms with Gasteiger partial charge in [-0.1, -0.05) is 18.2 Å². The van der Waals surface area contributed by atoms with E-state index in [9.17, 15) is 13.2 Å². The van der Waals surface area contributed by atoms with Crippen molar-refractivity contribution in [1.29, 1.82) is 0 Å². The van der Waals surface area contributed by atoms with Crippen LogP contribution >= 0.6 is 0 Å². The van der Waals surface area contributed by atoms with Crippen molar-refractivity contribution in [3.8, 4) is 17.0 Å². The van der Waals surface area contributed by atoms with Crippen LogP contribution in [0.1, 0.15) is 50.7 Å². The summed E-state index contributed by atoms with van der Waals surface area (Å²) in [5, 5.41) is 11.1. The third kappa shape index (κ3) is 7.42. The molecule has 5 rings (SSSR count). The Morgan fingerprint density at radius 1 is 1.05 bits per heavy atom. The van der Waals surface area contributed by atoms with Gasteiger partial charge >= 0.3 is 6.09 Å². The molecule has 1 fully saturated rings. The number of nitrogens with one attached hydrogen (secondary N) is 2. The zero-order valence-corrected chi connectivity index (χ0v) is 26.9. The topological polar surface area (TPSA) is 127 Å². The van der Waals surface area contributed by atoms with Crippen molar-refractivity contribution in [2.24, 2.45) is 0 Å². The predicted octanol–water partition coefficient (Wildman–Crippen LogP) is 5.99. The van der Waals surface area contributed by atoms with E-state index in [1.807, 2.05) is 70.2 Å². The summed E-state index contributed by atoms with van der Waals surface area (Å²) in [6.07, 6.45) is 4.34. The highest BCUT2D eigenvalue weighted by atomic mass is 32.2. The zero-order chi connectivity index (χ0) is 31.6. The largest absolute Gasteiger partial charge is 0.495 e. The number of benzene rings is 2. The van der Waals surface area contributed by atoms with Gasteiger partial charge in [-0.15, -0.1) is 5.10 Å². The van der Waals surface area contributed by atoms with Crippen molar-refractivity contribution in [3.05, 3.63) is 65.9 Å². The van der Waals surface area contributed by atoms with Crippen LogP contribution in [0.15, 0.2) is 54.7 Å². The van der Waals surface area contributed by atoms with Crippen LogP contribution in [0.5, 0.6) is 5.75 Å². The molecule has 11 nitrogen and oxygen atoms in total. The Balaban J connectivity index is 1.34. The molecule has 0 spiro atoms. The number of anilines is 3. The van der Waals surface area contributed by atoms with E-state index >= 15 is 0 Å². The molecule has 1 aliphatic heterocycles. The van der Waals surface area contributed by atoms with E-state index in [1.165, 1.54) is 6.26 Å². The molecule has 2 aromatic heterocycles. The third-order valence-corrected chi connectivity index (χ3v) is 8.13. The molecule has 1 amide bonds. The standard InChI is InChI=1S/C32H40N6O5S/c1-21-7-10-25(27(17-21)34-20-44(6,40)41)28-12-9-24-19-33-30(36-38(24)28)35-26-11-8-23(18-29(26)42-5)22-13-15-37(16-14-22)31(39)43-32(2,3)4/h7-12,17-19,22,34H,13-16,20H2,1-6H3,(H,35,36). The summed E-state index contributed by atoms with van der Waals surface area (Å²) in [6.45, 7) is 8.87. The summed E-state index contributed by atoms with van der Waals surface area (Å²) in [4.78, 5) is 18.8. The van der Waals surface area contributed by atoms with Crippen LogP contribution in [0.3, 0.4) is 0 Å². The number of hydrogen-bond donors (Lipinski definition) is 2. The van der Waals surface area contributed by atoms with E-state index in [0.29, 0.717) is 36.4 Å². The summed E-state index contributed by atoms with van der Waals surface area (Å²) in [5.41, 5.74) is 5.48. The van der Waals surface area contributed by atoms with Crippen LogP contribution in [-0.4, -0.2) is 71.9 Å². The van der Waals surface area contributed by atoms with E-state index in [4.69, 9.17) is 14.6 Å². The summed E-state index contributed by atoms with van der Waals surface area (Å²) in [7, 11) is -1.59. The van der Waals surface area contributed by atoms with Crippen molar-refractivity contribution in [2.75, 3.05) is 43.0 Å². The van der Waals surface area contributed by atoms with Gasteiger partial charge in [0.1, 0.15) is 17.2 Å². The Morgan fingerprint density at radius 3 is 2.48 bits per heavy atom. The van der Waals surface area contributed by atoms with E-state index in [1.54, 1.807) is 22.7 Å². The van der Waals surface area contributed by atoms with Gasteiger partial charge in [0.15, 0.2) is 9.84 Å². The minimum atomic E-state index is -3.22. The van der Waals surface area contributed by atoms with Gasteiger partial charge < -0.3 is 25.0 Å². The van der Waals surface area contributed by atoms with Gasteiger partial charge in [-0.05, 0) is 87.9 Å². The van der Waals surface area contributed by atoms with Crippen LogP contribution in [0.25, 0.3) is 16.8 Å². The SMILES string of the molecule is COc1cc(C2CCN(C(=O)OC(C)(C)C)CC2)ccc1Nc1ncc2ccc(-c3ccc(C)cc3NCS(C)(=O)=O)n2n1. The average Bonchev–Trinajstić information content (AvgIpc) is 3.38. The second-order valence-corrected chi connectivity index (χ2v) is 14.4. The lowest BCUT2D eigenvalue weighted by Crippen LogP contribution is -2.41. The molecule has 234 valence electrons. The molecule has 0 unspecified atom stereocenters. The highest BCUT2D eigenvalue weighted by molar-refractivity contribution is 7.90. The highest BCUT2D eigenvalue weighted by Gasteiger charge is 2.28. The number of nitrogens with zero attached hydrogens (tertiary/aromatic N) is 4. The first kappa shape index (κ1) is 31.1. The van der Waals surface area contributed by atoms with E-state index in [2.05, 4.69) is 21.7 Å². The summed E-state index contributed by atoms with van der Waals surface area (Å²) in [6, 6.07) is 15.8. The fraction of sp³-hybridized carbons (Fsp3) is 0.406. The number of carbonyl (C=O) groups is 1. The average molecular weight is 621 g/mol. The molecule has 0 bridgehead atoms. The number of piperidine rings is 1. The van der Waals surface area contributed by atoms with Gasteiger partial charge in [0, 0.05) is 30.6 Å². The summed E-state index contributed by atoms with van der Waals surface area (Å²) in [5.74, 6) is 1.17. The van der Waals surface area contributed by atoms with Crippen LogP contribution in [-0.2, 0) is 14.6 Å². The fourth-order valence-corrected chi connectivity index (χ4v) is 5.72. The molecular weight excluding hydrogens is 580 g/mol. The van der Waals surface area contributed by atoms with Crippen LogP contribution < -0.4 is 15.4 Å². The molecule has 0 atom stereocenters. The molecule has 4 aromatic rings. The first-order valence-corrected chi connectivity index (χ1v) is 16.7. The monoisotopic (exact) mass is 620 g/mol. The molecule has 2 N–H and O–H groups in total. The zero-order valence-electron chi connectivity index (χ0n) is 26.0. The lowest BCUT2D eigenvalue weighted by Gasteiger charge is -2.33. The fourth-order valence-electron chi connectivity index (χ4n) is 5.31. The number of likely N-dealkylation sites (tertiary alicyclic amines) is 1. The third-order valence-electron chi connectivity index (χ3n) is 7.46. The number of aryl methyl sites for hydroxylation is 1. The maximum Gasteiger partial charge on any atom is 0.410 e. The molecule has 0 radical (unpaired) electrons. The van der Waals surface area contributed by atoms with Crippen molar-refractivity contribution in [3.63, 3.8) is 0 Å². The van der Waals surface area contributed by atoms with Crippen LogP contribution in [0.4, 0.5) is 22.1 Å². The number of hydrogen-bond acceptors (Lipinski definition) is 9. The molecule has 2 aromatic carbocycles. The number of sulfone groups is 1. The number of aromatic nitrogens is 3. The Hall–Kier alpha value is -4.32. The molecule has 1 saturated heterocycles. The molecular formula is C32H40N6O5S. The summed E-state index contributed by atoms with van der Waals surface area (Å²) < 4.78 is 36.7. The molecule has 0 aliphatic carbocycles. The van der Waals surface area contributed by atoms with Crippen molar-refractivity contribution < 1.29 is 22.7 Å². The van der Waals surface area contributed by atoms with Crippen molar-refractivity contribution in [1.82, 2.24) is 19.5 Å². The first-order chi connectivity index (χ1) is 20.8. The lowest BCUT2D eigenvalue weighted by molar-refractivity contribution is 0.0204. The minimum absolute atomic E-state index is 0.173. The normalized spacial score (nSPS) is 14.5. The lowest BCUT2D eigenvalue weighted by atomic mass is 9.89. The van der Waals surface area contributed by atoms with Gasteiger partial charge in [-0.2, -0.15) is 0 Å². The quantitative estimate of drug-likeness (QED) is 0.244. The molecule has 12 heteroatoms. The van der Waals surface area contributed by atoms with Crippen LogP contribution in [0.2, 0.25) is 0 Å². The van der Waals surface area contributed by atoms with Crippen molar-refractivity contribution in [2.45, 2.75) is 52.1 Å². The minimum Gasteiger partial charge on any atom is -0.495 e. The van der Waals surface area contributed by atoms with Gasteiger partial charge in [0.05, 0.1) is 30.2 Å². The second-order valence-electron chi connectivity index (χ2n) is 12.3. The second kappa shape index (κ2) is 12.4. The Morgan fingerprint density at radius 2 is 1.80 bits per heavy atom. The number of amides is 1. The molecule has 44 heavy (non-hydrogen) atoms. The summed E-state index contributed by atoms with van der Waals surface area (Å²) >= 11 is 0. The maximum absolute atomic E-state index is 12.5. The number of fused-ring (bicyclic) bond motifs is 1. The predicted molar refractivity (Wildman–Crippen MR) is 173 cm³/mol. The molecule has 0 saturated carbocycles.